The maximum atomic E-state index is 15.3. The fraction of sp³-hybridized carbons (Fsp3) is 0.954. The van der Waals surface area contributed by atoms with Gasteiger partial charge in [-0.3, -0.25) is 4.79 Å². The van der Waals surface area contributed by atoms with Crippen molar-refractivity contribution in [2.45, 2.75) is 304 Å². The summed E-state index contributed by atoms with van der Waals surface area (Å²) in [6.45, 7) is 16.2. The van der Waals surface area contributed by atoms with Crippen LogP contribution in [0.1, 0.15) is 120 Å². The Labute approximate surface area is 551 Å². The molecule has 0 amide bonds. The fourth-order valence-corrected chi connectivity index (χ4v) is 19.3. The van der Waals surface area contributed by atoms with Gasteiger partial charge in [-0.2, -0.15) is 0 Å². The van der Waals surface area contributed by atoms with Crippen LogP contribution < -0.4 is 0 Å². The molecule has 11 aliphatic rings. The first-order valence-corrected chi connectivity index (χ1v) is 34.1. The molecule has 0 radical (unpaired) electrons. The minimum atomic E-state index is -1.91. The average Bonchev–Trinajstić information content (AvgIpc) is 1.63. The largest absolute Gasteiger partial charge is 0.432 e. The third-order valence-corrected chi connectivity index (χ3v) is 25.3. The summed E-state index contributed by atoms with van der Waals surface area (Å²) >= 11 is 0. The lowest BCUT2D eigenvalue weighted by atomic mass is 9.34. The van der Waals surface area contributed by atoms with E-state index in [1.807, 2.05) is 0 Å². The summed E-state index contributed by atoms with van der Waals surface area (Å²) in [4.78, 5) is 15.3. The smallest absolute Gasteiger partial charge is 0.315 e. The highest BCUT2D eigenvalue weighted by Crippen LogP contribution is 2.77. The van der Waals surface area contributed by atoms with Crippen molar-refractivity contribution in [2.75, 3.05) is 26.4 Å². The zero-order valence-corrected chi connectivity index (χ0v) is 55.4. The maximum absolute atomic E-state index is 15.3. The second-order valence-corrected chi connectivity index (χ2v) is 31.0. The molecule has 0 unspecified atom stereocenters. The molecule has 38 atom stereocenters. The number of carbonyl (C=O) groups is 1. The highest BCUT2D eigenvalue weighted by Gasteiger charge is 2.71. The van der Waals surface area contributed by atoms with Gasteiger partial charge in [0, 0.05) is 0 Å². The molecule has 5 aliphatic carbocycles. The third-order valence-electron chi connectivity index (χ3n) is 25.3. The van der Waals surface area contributed by atoms with Crippen LogP contribution in [-0.2, 0) is 61.6 Å². The van der Waals surface area contributed by atoms with E-state index in [1.165, 1.54) is 19.4 Å². The number of allylic oxidation sites excluding steroid dienone is 2. The molecular formula is C65H106O30. The van der Waals surface area contributed by atoms with Gasteiger partial charge in [-0.05, 0) is 123 Å². The second-order valence-electron chi connectivity index (χ2n) is 31.0. The summed E-state index contributed by atoms with van der Waals surface area (Å²) in [5.41, 5.74) is -1.26. The fourth-order valence-electron chi connectivity index (χ4n) is 19.3. The minimum absolute atomic E-state index is 0.0646. The van der Waals surface area contributed by atoms with E-state index in [0.717, 1.165) is 25.7 Å². The molecule has 0 spiro atoms. The van der Waals surface area contributed by atoms with Gasteiger partial charge in [0.25, 0.3) is 0 Å². The Kier molecular flexibility index (Phi) is 21.9. The standard InChI is InChI=1S/C65H106O30/c1-24(2)27-12-17-65(60(83)95-57-48(80)44(76)41(73)32(90-57)23-85-54-49(81)45(77)51(31(21-67)89-54)92-55-46(78)42(74)37(69)25(3)86-55)19-18-63(8)28(36(27)65)10-11-34-62(7)15-14-35(61(5,6)33(62)13-16-64(34,63)9)91-59-53(39(71)29(68)22-84-59)94-58-50(82)52(38(70)26(4)87-58)93-56-47(79)43(75)40(72)30(20-66)88-56/h10,24-27,29-59,66-82H,11-23H2,1-9H3/t25-,26-,27-,29-,30+,31+,32+,33-,34+,35-,36+,37-,38-,39-,40+,41-,42+,43-,44-,45+,46+,47+,48+,49+,50+,51+,52+,53+,54+,55-,56-,57-,58-,59-,62-,63+,64+,65-/m0/s1. The van der Waals surface area contributed by atoms with Crippen molar-refractivity contribution in [1.82, 2.24) is 0 Å². The average molecular weight is 1370 g/mol. The molecule has 0 aromatic rings. The van der Waals surface area contributed by atoms with Crippen molar-refractivity contribution < 1.29 is 148 Å². The maximum Gasteiger partial charge on any atom is 0.315 e. The molecule has 0 aromatic heterocycles. The Hall–Kier alpha value is -1.91. The number of fused-ring (bicyclic) bond motifs is 7. The van der Waals surface area contributed by atoms with E-state index >= 15 is 4.79 Å². The van der Waals surface area contributed by atoms with Gasteiger partial charge in [-0.25, -0.2) is 0 Å². The van der Waals surface area contributed by atoms with Gasteiger partial charge >= 0.3 is 5.97 Å². The minimum Gasteiger partial charge on any atom is -0.432 e. The van der Waals surface area contributed by atoms with Gasteiger partial charge in [0.2, 0.25) is 6.29 Å². The first-order chi connectivity index (χ1) is 44.6. The van der Waals surface area contributed by atoms with Gasteiger partial charge in [0.15, 0.2) is 31.5 Å². The molecule has 17 N–H and O–H groups in total. The van der Waals surface area contributed by atoms with Crippen molar-refractivity contribution in [3.05, 3.63) is 11.6 Å². The third kappa shape index (κ3) is 12.6. The molecule has 30 heteroatoms. The molecule has 30 nitrogen and oxygen atoms in total. The highest BCUT2D eigenvalue weighted by atomic mass is 16.8. The van der Waals surface area contributed by atoms with Crippen LogP contribution in [-0.4, -0.2) is 303 Å². The number of hydrogen-bond donors (Lipinski definition) is 17. The van der Waals surface area contributed by atoms with Crippen molar-refractivity contribution in [3.63, 3.8) is 0 Å². The summed E-state index contributed by atoms with van der Waals surface area (Å²) in [6, 6.07) is 0. The van der Waals surface area contributed by atoms with Crippen LogP contribution in [0.4, 0.5) is 0 Å². The summed E-state index contributed by atoms with van der Waals surface area (Å²) in [7, 11) is 0. The molecule has 6 aliphatic heterocycles. The quantitative estimate of drug-likeness (QED) is 0.0400. The second kappa shape index (κ2) is 28.0. The lowest BCUT2D eigenvalue weighted by Gasteiger charge is -2.70. The molecule has 546 valence electrons. The van der Waals surface area contributed by atoms with Gasteiger partial charge in [-0.15, -0.1) is 0 Å². The summed E-state index contributed by atoms with van der Waals surface area (Å²) in [5, 5.41) is 184. The number of ether oxygens (including phenoxy) is 12. The van der Waals surface area contributed by atoms with Crippen LogP contribution in [0, 0.1) is 56.7 Å². The Morgan fingerprint density at radius 1 is 0.516 bits per heavy atom. The zero-order valence-electron chi connectivity index (χ0n) is 55.4. The van der Waals surface area contributed by atoms with E-state index in [9.17, 15) is 86.8 Å². The molecule has 6 heterocycles. The Morgan fingerprint density at radius 3 is 1.73 bits per heavy atom. The Balaban J connectivity index is 0.763. The summed E-state index contributed by atoms with van der Waals surface area (Å²) in [6.07, 6.45) is -39.0. The van der Waals surface area contributed by atoms with E-state index in [0.29, 0.717) is 32.1 Å². The zero-order chi connectivity index (χ0) is 69.2. The number of rotatable bonds is 16. The van der Waals surface area contributed by atoms with Crippen LogP contribution in [0.15, 0.2) is 11.6 Å². The normalized spacial score (nSPS) is 54.7. The predicted octanol–water partition coefficient (Wildman–Crippen LogP) is -3.84. The molecule has 4 saturated carbocycles. The van der Waals surface area contributed by atoms with Gasteiger partial charge < -0.3 is 144 Å². The predicted molar refractivity (Wildman–Crippen MR) is 319 cm³/mol. The van der Waals surface area contributed by atoms with Gasteiger partial charge in [0.1, 0.15) is 128 Å². The number of aliphatic hydroxyl groups excluding tert-OH is 17. The van der Waals surface area contributed by atoms with E-state index in [4.69, 9.17) is 56.8 Å². The SMILES string of the molecule is CC(C)[C@@H]1CC[C@]2(C(=O)O[C@@H]3O[C@H](CO[C@@H]4O[C@H](CO)[C@@H](O[C@@H]5O[C@@H](C)[C@H](O)[C@@H](O)[C@H]5O)[C@H](O)[C@H]4O)[C@H](O)[C@H](O)[C@H]3O)CC[C@]3(C)C(=CC[C@@H]4[C@@]5(C)CC[C@H](O[C@@H]6OC[C@H](O)[C@H](O)[C@H]6O[C@@H]6O[C@@H](C)[C@H](O)[C@@H](O[C@@H]7O[C@H](CO)[C@@H](O)[C@H](O)[C@H]7O)[C@H]6O)C(C)(C)[C@@H]5CC[C@]43C)[C@@H]12. The van der Waals surface area contributed by atoms with Gasteiger partial charge in [-0.1, -0.05) is 60.1 Å². The Morgan fingerprint density at radius 2 is 1.07 bits per heavy atom. The number of carbonyl (C=O) groups excluding carboxylic acids is 1. The van der Waals surface area contributed by atoms with Gasteiger partial charge in [0.05, 0.1) is 50.2 Å². The van der Waals surface area contributed by atoms with Crippen molar-refractivity contribution in [1.29, 1.82) is 0 Å². The van der Waals surface area contributed by atoms with E-state index in [2.05, 4.69) is 54.5 Å². The summed E-state index contributed by atoms with van der Waals surface area (Å²) in [5.74, 6) is -0.395. The molecule has 95 heavy (non-hydrogen) atoms. The van der Waals surface area contributed by atoms with Crippen LogP contribution in [0.3, 0.4) is 0 Å². The van der Waals surface area contributed by atoms with Crippen molar-refractivity contribution in [3.8, 4) is 0 Å². The number of aliphatic hydroxyl groups is 17. The number of hydrogen-bond acceptors (Lipinski definition) is 30. The number of esters is 1. The molecule has 11 rings (SSSR count). The van der Waals surface area contributed by atoms with E-state index < -0.39 is 221 Å². The molecule has 0 aromatic carbocycles. The Bertz CT molecular complexity index is 2660. The van der Waals surface area contributed by atoms with Crippen LogP contribution in [0.2, 0.25) is 0 Å². The van der Waals surface area contributed by atoms with Crippen molar-refractivity contribution >= 4 is 5.97 Å². The van der Waals surface area contributed by atoms with Crippen LogP contribution in [0.5, 0.6) is 0 Å². The van der Waals surface area contributed by atoms with Crippen molar-refractivity contribution in [2.24, 2.45) is 56.7 Å². The lowest BCUT2D eigenvalue weighted by molar-refractivity contribution is -0.382. The topological polar surface area (TPSA) is 472 Å². The first kappa shape index (κ1) is 74.3. The molecule has 0 bridgehead atoms. The molecule has 10 fully saturated rings. The first-order valence-electron chi connectivity index (χ1n) is 34.1. The van der Waals surface area contributed by atoms with Crippen LogP contribution in [0.25, 0.3) is 0 Å². The van der Waals surface area contributed by atoms with Crippen LogP contribution >= 0.6 is 0 Å². The molecule has 6 saturated heterocycles. The monoisotopic (exact) mass is 1370 g/mol. The highest BCUT2D eigenvalue weighted by molar-refractivity contribution is 5.79. The van der Waals surface area contributed by atoms with E-state index in [1.54, 1.807) is 0 Å². The molecular weight excluding hydrogens is 1260 g/mol. The van der Waals surface area contributed by atoms with E-state index in [-0.39, 0.29) is 52.4 Å². The lowest BCUT2D eigenvalue weighted by Crippen LogP contribution is -2.66. The summed E-state index contributed by atoms with van der Waals surface area (Å²) < 4.78 is 71.6.